The van der Waals surface area contributed by atoms with E-state index >= 15 is 0 Å². The molecule has 2 unspecified atom stereocenters. The molecule has 0 spiro atoms. The number of benzene rings is 1. The molecule has 142 valence electrons. The summed E-state index contributed by atoms with van der Waals surface area (Å²) in [7, 11) is 2.92. The summed E-state index contributed by atoms with van der Waals surface area (Å²) in [5.41, 5.74) is 0.528. The predicted molar refractivity (Wildman–Crippen MR) is 94.0 cm³/mol. The van der Waals surface area contributed by atoms with E-state index in [1.807, 2.05) is 0 Å². The first-order chi connectivity index (χ1) is 12.9. The van der Waals surface area contributed by atoms with Gasteiger partial charge in [-0.2, -0.15) is 0 Å². The Morgan fingerprint density at radius 1 is 1.00 bits per heavy atom. The molecular formula is C19H19NO7. The monoisotopic (exact) mass is 373 g/mol. The number of aliphatic carboxylic acids is 1. The summed E-state index contributed by atoms with van der Waals surface area (Å²) in [6, 6.07) is 9.25. The molecule has 8 heteroatoms. The van der Waals surface area contributed by atoms with E-state index < -0.39 is 29.7 Å². The zero-order chi connectivity index (χ0) is 20.0. The van der Waals surface area contributed by atoms with Gasteiger partial charge in [0, 0.05) is 24.8 Å². The van der Waals surface area contributed by atoms with Crippen LogP contribution in [0.5, 0.6) is 11.6 Å². The third kappa shape index (κ3) is 4.81. The molecule has 27 heavy (non-hydrogen) atoms. The summed E-state index contributed by atoms with van der Waals surface area (Å²) < 4.78 is 15.0. The van der Waals surface area contributed by atoms with Crippen molar-refractivity contribution in [2.45, 2.75) is 18.9 Å². The fraction of sp³-hybridized carbons (Fsp3) is 0.263. The Kier molecular flexibility index (Phi) is 6.48. The normalized spacial score (nSPS) is 12.6. The van der Waals surface area contributed by atoms with Crippen LogP contribution in [0, 0.1) is 0 Å². The molecule has 0 saturated heterocycles. The van der Waals surface area contributed by atoms with E-state index in [0.29, 0.717) is 17.2 Å². The van der Waals surface area contributed by atoms with Crippen molar-refractivity contribution < 1.29 is 33.7 Å². The lowest BCUT2D eigenvalue weighted by molar-refractivity contribution is -0.163. The minimum Gasteiger partial charge on any atom is -0.497 e. The van der Waals surface area contributed by atoms with E-state index in [4.69, 9.17) is 14.2 Å². The van der Waals surface area contributed by atoms with Crippen molar-refractivity contribution >= 4 is 17.7 Å². The number of pyridine rings is 1. The molecule has 1 aromatic heterocycles. The number of carbonyl (C=O) groups excluding carboxylic acids is 2. The van der Waals surface area contributed by atoms with Gasteiger partial charge in [-0.3, -0.25) is 9.59 Å². The van der Waals surface area contributed by atoms with Gasteiger partial charge in [-0.25, -0.2) is 9.78 Å². The van der Waals surface area contributed by atoms with Gasteiger partial charge in [0.2, 0.25) is 12.0 Å². The highest BCUT2D eigenvalue weighted by Gasteiger charge is 2.38. The smallest absolute Gasteiger partial charge is 0.346 e. The third-order valence-corrected chi connectivity index (χ3v) is 3.83. The van der Waals surface area contributed by atoms with Gasteiger partial charge in [-0.05, 0) is 23.8 Å². The second-order valence-corrected chi connectivity index (χ2v) is 5.57. The van der Waals surface area contributed by atoms with Gasteiger partial charge in [0.05, 0.1) is 20.1 Å². The van der Waals surface area contributed by atoms with E-state index in [1.54, 1.807) is 24.3 Å². The lowest BCUT2D eigenvalue weighted by Crippen LogP contribution is -2.37. The molecule has 1 N–H and O–H groups in total. The Bertz CT molecular complexity index is 815. The summed E-state index contributed by atoms with van der Waals surface area (Å²) in [5.74, 6) is -3.20. The maximum Gasteiger partial charge on any atom is 0.346 e. The van der Waals surface area contributed by atoms with Crippen LogP contribution in [0.15, 0.2) is 42.6 Å². The average Bonchev–Trinajstić information content (AvgIpc) is 2.67. The molecule has 0 fully saturated rings. The number of Topliss-reactive ketones (excluding diaryl/α,β-unsaturated/α-hetero) is 1. The Balaban J connectivity index is 2.50. The largest absolute Gasteiger partial charge is 0.497 e. The molecule has 2 aromatic rings. The zero-order valence-corrected chi connectivity index (χ0v) is 15.0. The van der Waals surface area contributed by atoms with Crippen molar-refractivity contribution in [3.63, 3.8) is 0 Å². The van der Waals surface area contributed by atoms with Gasteiger partial charge < -0.3 is 19.3 Å². The van der Waals surface area contributed by atoms with Crippen molar-refractivity contribution in [3.05, 3.63) is 53.7 Å². The number of ketones is 1. The van der Waals surface area contributed by atoms with Gasteiger partial charge in [0.25, 0.3) is 0 Å². The fourth-order valence-electron chi connectivity index (χ4n) is 2.54. The summed E-state index contributed by atoms with van der Waals surface area (Å²) in [6.07, 6.45) is -0.407. The van der Waals surface area contributed by atoms with Crippen LogP contribution in [0.1, 0.15) is 28.8 Å². The van der Waals surface area contributed by atoms with Crippen LogP contribution < -0.4 is 9.47 Å². The summed E-state index contributed by atoms with van der Waals surface area (Å²) in [4.78, 5) is 40.1. The molecular weight excluding hydrogens is 354 g/mol. The molecule has 2 rings (SSSR count). The lowest BCUT2D eigenvalue weighted by Gasteiger charge is -2.23. The Morgan fingerprint density at radius 3 is 2.11 bits per heavy atom. The summed E-state index contributed by atoms with van der Waals surface area (Å²) in [5, 5.41) is 9.54. The zero-order valence-electron chi connectivity index (χ0n) is 15.0. The molecule has 0 saturated carbocycles. The van der Waals surface area contributed by atoms with E-state index in [9.17, 15) is 19.5 Å². The van der Waals surface area contributed by atoms with Gasteiger partial charge in [-0.15, -0.1) is 0 Å². The Labute approximate surface area is 155 Å². The number of nitrogens with zero attached hydrogens (tertiary/aromatic N) is 1. The average molecular weight is 373 g/mol. The van der Waals surface area contributed by atoms with Crippen LogP contribution in [-0.2, 0) is 14.3 Å². The highest BCUT2D eigenvalue weighted by molar-refractivity contribution is 6.04. The SMILES string of the molecule is COc1ccc(C(C(=O)c2ccc(OC)nc2)C(OC(C)=O)C(=O)O)cc1. The molecule has 0 radical (unpaired) electrons. The number of rotatable bonds is 8. The number of carbonyl (C=O) groups is 3. The molecule has 1 heterocycles. The van der Waals surface area contributed by atoms with Crippen molar-refractivity contribution in [1.29, 1.82) is 0 Å². The maximum atomic E-state index is 13.1. The van der Waals surface area contributed by atoms with Crippen molar-refractivity contribution in [2.75, 3.05) is 14.2 Å². The van der Waals surface area contributed by atoms with E-state index in [2.05, 4.69) is 4.98 Å². The van der Waals surface area contributed by atoms with Crippen molar-refractivity contribution in [1.82, 2.24) is 4.98 Å². The van der Waals surface area contributed by atoms with E-state index in [0.717, 1.165) is 6.92 Å². The summed E-state index contributed by atoms with van der Waals surface area (Å²) >= 11 is 0. The number of carboxylic acids is 1. The Hall–Kier alpha value is -3.42. The quantitative estimate of drug-likeness (QED) is 0.553. The maximum absolute atomic E-state index is 13.1. The van der Waals surface area contributed by atoms with E-state index in [1.165, 1.54) is 32.5 Å². The van der Waals surface area contributed by atoms with Crippen LogP contribution in [0.2, 0.25) is 0 Å². The standard InChI is InChI=1S/C19H19NO7/c1-11(21)27-18(19(23)24)16(12-4-7-14(25-2)8-5-12)17(22)13-6-9-15(26-3)20-10-13/h4-10,16,18H,1-3H3,(H,23,24). The van der Waals surface area contributed by atoms with Crippen LogP contribution in [0.3, 0.4) is 0 Å². The van der Waals surface area contributed by atoms with Crippen molar-refractivity contribution in [2.24, 2.45) is 0 Å². The number of aromatic nitrogens is 1. The number of hydrogen-bond acceptors (Lipinski definition) is 7. The minimum absolute atomic E-state index is 0.162. The van der Waals surface area contributed by atoms with Gasteiger partial charge in [0.15, 0.2) is 5.78 Å². The number of carboxylic acid groups (broad SMARTS) is 1. The first-order valence-corrected chi connectivity index (χ1v) is 7.95. The van der Waals surface area contributed by atoms with Crippen LogP contribution in [-0.4, -0.2) is 48.1 Å². The molecule has 2 atom stereocenters. The molecule has 1 aromatic carbocycles. The molecule has 8 nitrogen and oxygen atoms in total. The first kappa shape index (κ1) is 19.9. The highest BCUT2D eigenvalue weighted by atomic mass is 16.6. The molecule has 0 aliphatic rings. The van der Waals surface area contributed by atoms with Gasteiger partial charge >= 0.3 is 11.9 Å². The van der Waals surface area contributed by atoms with Gasteiger partial charge in [-0.1, -0.05) is 12.1 Å². The predicted octanol–water partition coefficient (Wildman–Crippen LogP) is 2.08. The molecule has 0 bridgehead atoms. The minimum atomic E-state index is -1.69. The number of ether oxygens (including phenoxy) is 3. The lowest BCUT2D eigenvalue weighted by atomic mass is 9.86. The molecule has 0 aliphatic carbocycles. The number of esters is 1. The van der Waals surface area contributed by atoms with Crippen molar-refractivity contribution in [3.8, 4) is 11.6 Å². The van der Waals surface area contributed by atoms with Crippen LogP contribution in [0.25, 0.3) is 0 Å². The molecule has 0 amide bonds. The second kappa shape index (κ2) is 8.79. The fourth-order valence-corrected chi connectivity index (χ4v) is 2.54. The Morgan fingerprint density at radius 2 is 1.67 bits per heavy atom. The number of methoxy groups -OCH3 is 2. The van der Waals surface area contributed by atoms with Gasteiger partial charge in [0.1, 0.15) is 5.75 Å². The van der Waals surface area contributed by atoms with Crippen LogP contribution in [0.4, 0.5) is 0 Å². The van der Waals surface area contributed by atoms with Crippen LogP contribution >= 0.6 is 0 Å². The third-order valence-electron chi connectivity index (χ3n) is 3.83. The highest BCUT2D eigenvalue weighted by Crippen LogP contribution is 2.29. The topological polar surface area (TPSA) is 112 Å². The first-order valence-electron chi connectivity index (χ1n) is 7.95. The summed E-state index contributed by atoms with van der Waals surface area (Å²) in [6.45, 7) is 1.08. The molecule has 0 aliphatic heterocycles. The second-order valence-electron chi connectivity index (χ2n) is 5.57. The number of hydrogen-bond donors (Lipinski definition) is 1. The van der Waals surface area contributed by atoms with E-state index in [-0.39, 0.29) is 5.56 Å².